The normalized spacial score (nSPS) is 12.9. The lowest BCUT2D eigenvalue weighted by atomic mass is 9.95. The lowest BCUT2D eigenvalue weighted by molar-refractivity contribution is 0.519. The number of hydrogen-bond acceptors (Lipinski definition) is 1. The SMILES string of the molecule is CCCCc1ccc(C#CCC[p+]2ccc3c(c2)CCCC3)cc1.COBr. The van der Waals surface area contributed by atoms with Crippen molar-refractivity contribution in [2.24, 2.45) is 0 Å². The Morgan fingerprint density at radius 1 is 1.07 bits per heavy atom. The van der Waals surface area contributed by atoms with Crippen molar-refractivity contribution in [3.05, 3.63) is 64.2 Å². The second-order valence-corrected chi connectivity index (χ2v) is 9.63. The summed E-state index contributed by atoms with van der Waals surface area (Å²) in [5, 5.41) is 0. The van der Waals surface area contributed by atoms with Crippen LogP contribution in [0, 0.1) is 11.8 Å². The molecule has 0 saturated heterocycles. The van der Waals surface area contributed by atoms with Crippen LogP contribution in [0.2, 0.25) is 0 Å². The lowest BCUT2D eigenvalue weighted by Crippen LogP contribution is -2.00. The molecule has 0 amide bonds. The molecule has 1 aromatic carbocycles. The highest BCUT2D eigenvalue weighted by molar-refractivity contribution is 9.06. The van der Waals surface area contributed by atoms with Crippen LogP contribution in [0.25, 0.3) is 0 Å². The summed E-state index contributed by atoms with van der Waals surface area (Å²) in [4.78, 5) is 0. The Morgan fingerprint density at radius 2 is 1.78 bits per heavy atom. The highest BCUT2D eigenvalue weighted by Crippen LogP contribution is 2.34. The molecule has 2 aromatic rings. The fourth-order valence-corrected chi connectivity index (χ4v) is 5.14. The Morgan fingerprint density at radius 3 is 2.48 bits per heavy atom. The van der Waals surface area contributed by atoms with Crippen LogP contribution < -0.4 is 0 Å². The van der Waals surface area contributed by atoms with Crippen LogP contribution in [0.4, 0.5) is 0 Å². The molecule has 1 aromatic heterocycles. The first kappa shape index (κ1) is 22.2. The van der Waals surface area contributed by atoms with Crippen LogP contribution in [-0.2, 0) is 29.3 Å². The Bertz CT molecular complexity index is 743. The molecule has 27 heavy (non-hydrogen) atoms. The van der Waals surface area contributed by atoms with Crippen molar-refractivity contribution in [2.75, 3.05) is 7.11 Å². The number of fused-ring (bicyclic) bond motifs is 1. The van der Waals surface area contributed by atoms with Crippen molar-refractivity contribution in [2.45, 2.75) is 64.5 Å². The summed E-state index contributed by atoms with van der Waals surface area (Å²) < 4.78 is 4.06. The second kappa shape index (κ2) is 13.1. The zero-order chi connectivity index (χ0) is 19.3. The molecule has 0 N–H and O–H groups in total. The summed E-state index contributed by atoms with van der Waals surface area (Å²) in [6.07, 6.45) is 11.3. The van der Waals surface area contributed by atoms with E-state index in [4.69, 9.17) is 0 Å². The van der Waals surface area contributed by atoms with Gasteiger partial charge in [-0.2, -0.15) is 0 Å². The fourth-order valence-electron chi connectivity index (χ4n) is 3.34. The minimum atomic E-state index is -0.0739. The van der Waals surface area contributed by atoms with Crippen molar-refractivity contribution in [1.29, 1.82) is 0 Å². The number of halogens is 1. The third-order valence-corrected chi connectivity index (χ3v) is 6.76. The molecule has 0 fully saturated rings. The van der Waals surface area contributed by atoms with Gasteiger partial charge in [-0.25, -0.2) is 0 Å². The van der Waals surface area contributed by atoms with Gasteiger partial charge in [0.05, 0.1) is 29.8 Å². The van der Waals surface area contributed by atoms with Crippen molar-refractivity contribution in [3.8, 4) is 11.8 Å². The summed E-state index contributed by atoms with van der Waals surface area (Å²) in [5.74, 6) is 11.7. The Hall–Kier alpha value is -1.13. The van der Waals surface area contributed by atoms with E-state index in [2.05, 4.69) is 80.8 Å². The largest absolute Gasteiger partial charge is 0.311 e. The van der Waals surface area contributed by atoms with Gasteiger partial charge in [0.15, 0.2) is 0 Å². The zero-order valence-corrected chi connectivity index (χ0v) is 19.1. The minimum absolute atomic E-state index is 0.0739. The average Bonchev–Trinajstić information content (AvgIpc) is 2.71. The standard InChI is InChI=1S/C23H28P.CH3BrO/c1-2-3-8-20-12-14-21(15-13-20)9-6-7-17-24-18-16-22-10-4-5-11-23(22)19-24;1-3-2/h12-16,18-19H,2-5,7-8,10-11,17H2,1H3;1H3/q+1;. The van der Waals surface area contributed by atoms with Gasteiger partial charge >= 0.3 is 0 Å². The van der Waals surface area contributed by atoms with E-state index in [1.807, 2.05) is 0 Å². The molecule has 0 spiro atoms. The topological polar surface area (TPSA) is 9.23 Å². The highest BCUT2D eigenvalue weighted by Gasteiger charge is 2.14. The smallest absolute Gasteiger partial charge is 0.125 e. The van der Waals surface area contributed by atoms with E-state index in [-0.39, 0.29) is 7.53 Å². The van der Waals surface area contributed by atoms with E-state index < -0.39 is 0 Å². The molecular formula is C24H31BrOP+. The molecular weight excluding hydrogens is 415 g/mol. The minimum Gasteiger partial charge on any atom is -0.311 e. The van der Waals surface area contributed by atoms with Crippen LogP contribution in [0.5, 0.6) is 0 Å². The molecule has 1 nitrogen and oxygen atoms in total. The van der Waals surface area contributed by atoms with E-state index >= 15 is 0 Å². The number of aryl methyl sites for hydroxylation is 4. The van der Waals surface area contributed by atoms with E-state index in [1.165, 1.54) is 56.7 Å². The molecule has 0 aliphatic heterocycles. The van der Waals surface area contributed by atoms with Gasteiger partial charge in [-0.3, -0.25) is 0 Å². The van der Waals surface area contributed by atoms with Crippen LogP contribution in [0.3, 0.4) is 0 Å². The number of rotatable bonds is 5. The van der Waals surface area contributed by atoms with E-state index in [9.17, 15) is 0 Å². The summed E-state index contributed by atoms with van der Waals surface area (Å²) in [5.41, 5.74) is 5.84. The summed E-state index contributed by atoms with van der Waals surface area (Å²) >= 11 is 2.65. The van der Waals surface area contributed by atoms with Crippen LogP contribution in [0.15, 0.2) is 41.9 Å². The highest BCUT2D eigenvalue weighted by atomic mass is 79.9. The van der Waals surface area contributed by atoms with Crippen LogP contribution in [0.1, 0.15) is 61.3 Å². The monoisotopic (exact) mass is 445 g/mol. The van der Waals surface area contributed by atoms with Crippen molar-refractivity contribution < 1.29 is 3.83 Å². The van der Waals surface area contributed by atoms with E-state index in [0.29, 0.717) is 0 Å². The summed E-state index contributed by atoms with van der Waals surface area (Å²) in [6.45, 7) is 2.24. The van der Waals surface area contributed by atoms with Gasteiger partial charge in [-0.1, -0.05) is 37.3 Å². The molecule has 1 atom stereocenters. The predicted octanol–water partition coefficient (Wildman–Crippen LogP) is 7.56. The third-order valence-electron chi connectivity index (χ3n) is 4.84. The van der Waals surface area contributed by atoms with Gasteiger partial charge in [0.2, 0.25) is 0 Å². The number of hydrogen-bond donors (Lipinski definition) is 0. The summed E-state index contributed by atoms with van der Waals surface area (Å²) in [6, 6.07) is 11.2. The first-order chi connectivity index (χ1) is 13.3. The van der Waals surface area contributed by atoms with Gasteiger partial charge in [0.25, 0.3) is 0 Å². The lowest BCUT2D eigenvalue weighted by Gasteiger charge is -2.12. The first-order valence-electron chi connectivity index (χ1n) is 10.00. The van der Waals surface area contributed by atoms with Gasteiger partial charge in [0, 0.05) is 5.56 Å². The molecule has 0 bridgehead atoms. The van der Waals surface area contributed by atoms with Crippen LogP contribution in [-0.4, -0.2) is 7.11 Å². The number of benzene rings is 1. The predicted molar refractivity (Wildman–Crippen MR) is 123 cm³/mol. The van der Waals surface area contributed by atoms with Gasteiger partial charge in [0.1, 0.15) is 25.3 Å². The quantitative estimate of drug-likeness (QED) is 0.431. The third kappa shape index (κ3) is 8.18. The molecule has 0 radical (unpaired) electrons. The zero-order valence-electron chi connectivity index (χ0n) is 16.6. The van der Waals surface area contributed by atoms with Crippen LogP contribution >= 0.6 is 23.8 Å². The maximum atomic E-state index is 4.06. The molecule has 3 heteroatoms. The van der Waals surface area contributed by atoms with Crippen molar-refractivity contribution >= 4 is 23.8 Å². The molecule has 1 aliphatic carbocycles. The van der Waals surface area contributed by atoms with E-state index in [0.717, 1.165) is 12.0 Å². The Balaban J connectivity index is 0.000000817. The van der Waals surface area contributed by atoms with Gasteiger partial charge < -0.3 is 3.83 Å². The van der Waals surface area contributed by atoms with Gasteiger partial charge in [-0.15, -0.1) is 0 Å². The second-order valence-electron chi connectivity index (χ2n) is 6.95. The van der Waals surface area contributed by atoms with Crippen molar-refractivity contribution in [1.82, 2.24) is 0 Å². The Labute approximate surface area is 175 Å². The maximum absolute atomic E-state index is 4.06. The van der Waals surface area contributed by atoms with Gasteiger partial charge in [-0.05, 0) is 73.4 Å². The molecule has 1 unspecified atom stereocenters. The molecule has 144 valence electrons. The summed E-state index contributed by atoms with van der Waals surface area (Å²) in [7, 11) is 1.47. The number of unbranched alkanes of at least 4 members (excludes halogenated alkanes) is 1. The van der Waals surface area contributed by atoms with E-state index in [1.54, 1.807) is 18.2 Å². The average molecular weight is 446 g/mol. The molecule has 3 rings (SSSR count). The molecule has 1 aliphatic rings. The Kier molecular flexibility index (Phi) is 10.8. The van der Waals surface area contributed by atoms with Crippen molar-refractivity contribution in [3.63, 3.8) is 0 Å². The first-order valence-corrected chi connectivity index (χ1v) is 12.3. The molecule has 0 saturated carbocycles. The fraction of sp³-hybridized carbons (Fsp3) is 0.458. The maximum Gasteiger partial charge on any atom is 0.125 e. The molecule has 1 heterocycles.